The molecule has 1 atom stereocenters. The molecule has 26 heavy (non-hydrogen) atoms. The van der Waals surface area contributed by atoms with Crippen molar-refractivity contribution in [2.24, 2.45) is 7.05 Å². The van der Waals surface area contributed by atoms with Crippen molar-refractivity contribution in [1.29, 1.82) is 0 Å². The minimum atomic E-state index is -0.542. The molecule has 0 aliphatic rings. The Kier molecular flexibility index (Phi) is 3.53. The van der Waals surface area contributed by atoms with E-state index in [9.17, 15) is 4.79 Å². The van der Waals surface area contributed by atoms with Crippen LogP contribution in [0.2, 0.25) is 0 Å². The molecule has 0 aliphatic carbocycles. The highest BCUT2D eigenvalue weighted by molar-refractivity contribution is 5.96. The molecule has 4 aromatic heterocycles. The fourth-order valence-electron chi connectivity index (χ4n) is 2.90. The molecule has 1 unspecified atom stereocenters. The number of rotatable bonds is 3. The zero-order chi connectivity index (χ0) is 18.4. The molecule has 132 valence electrons. The van der Waals surface area contributed by atoms with E-state index in [4.69, 9.17) is 5.73 Å². The van der Waals surface area contributed by atoms with E-state index < -0.39 is 6.04 Å². The fraction of sp³-hybridized carbons (Fsp3) is 0.250. The molecule has 10 nitrogen and oxygen atoms in total. The van der Waals surface area contributed by atoms with Gasteiger partial charge in [-0.1, -0.05) is 0 Å². The molecule has 1 amide bonds. The Labute approximate surface area is 148 Å². The summed E-state index contributed by atoms with van der Waals surface area (Å²) < 4.78 is 3.37. The summed E-state index contributed by atoms with van der Waals surface area (Å²) in [6.45, 7) is 3.66. The van der Waals surface area contributed by atoms with Gasteiger partial charge in [-0.05, 0) is 19.9 Å². The van der Waals surface area contributed by atoms with Crippen LogP contribution in [0.4, 0.5) is 11.5 Å². The van der Waals surface area contributed by atoms with Crippen molar-refractivity contribution in [3.63, 3.8) is 0 Å². The molecule has 0 saturated heterocycles. The van der Waals surface area contributed by atoms with Gasteiger partial charge in [0.1, 0.15) is 17.9 Å². The molecular weight excluding hydrogens is 334 g/mol. The highest BCUT2D eigenvalue weighted by Gasteiger charge is 2.20. The largest absolute Gasteiger partial charge is 0.382 e. The molecule has 4 aromatic rings. The molecule has 4 rings (SSSR count). The molecule has 10 heteroatoms. The first-order valence-electron chi connectivity index (χ1n) is 7.99. The summed E-state index contributed by atoms with van der Waals surface area (Å²) in [6, 6.07) is 1.32. The van der Waals surface area contributed by atoms with Crippen LogP contribution in [-0.4, -0.2) is 40.2 Å². The average Bonchev–Trinajstić information content (AvgIpc) is 3.17. The molecule has 0 saturated carbocycles. The van der Waals surface area contributed by atoms with E-state index in [-0.39, 0.29) is 11.7 Å². The van der Waals surface area contributed by atoms with E-state index in [0.717, 1.165) is 16.7 Å². The Morgan fingerprint density at radius 3 is 2.85 bits per heavy atom. The van der Waals surface area contributed by atoms with Crippen LogP contribution in [0.3, 0.4) is 0 Å². The number of hydrogen-bond donors (Lipinski definition) is 2. The van der Waals surface area contributed by atoms with E-state index >= 15 is 0 Å². The van der Waals surface area contributed by atoms with Crippen molar-refractivity contribution >= 4 is 39.6 Å². The normalized spacial score (nSPS) is 12.6. The zero-order valence-electron chi connectivity index (χ0n) is 14.5. The molecule has 0 radical (unpaired) electrons. The molecule has 3 N–H and O–H groups in total. The maximum Gasteiger partial charge on any atom is 0.247 e. The lowest BCUT2D eigenvalue weighted by Gasteiger charge is -2.14. The highest BCUT2D eigenvalue weighted by atomic mass is 16.2. The number of carbonyl (C=O) groups is 1. The summed E-state index contributed by atoms with van der Waals surface area (Å²) in [6.07, 6.45) is 4.50. The van der Waals surface area contributed by atoms with Crippen LogP contribution in [0.15, 0.2) is 24.9 Å². The minimum Gasteiger partial charge on any atom is -0.382 e. The van der Waals surface area contributed by atoms with Crippen LogP contribution in [0.1, 0.15) is 18.7 Å². The Morgan fingerprint density at radius 2 is 2.04 bits per heavy atom. The van der Waals surface area contributed by atoms with Crippen molar-refractivity contribution in [1.82, 2.24) is 34.3 Å². The fourth-order valence-corrected chi connectivity index (χ4v) is 2.90. The average molecular weight is 351 g/mol. The Balaban J connectivity index is 1.63. The summed E-state index contributed by atoms with van der Waals surface area (Å²) in [5, 5.41) is 8.10. The highest BCUT2D eigenvalue weighted by Crippen LogP contribution is 2.22. The van der Waals surface area contributed by atoms with Crippen LogP contribution >= 0.6 is 0 Å². The third kappa shape index (κ3) is 2.42. The summed E-state index contributed by atoms with van der Waals surface area (Å²) in [5.41, 5.74) is 9.00. The van der Waals surface area contributed by atoms with Crippen LogP contribution in [0, 0.1) is 6.92 Å². The predicted molar refractivity (Wildman–Crippen MR) is 96.3 cm³/mol. The number of aryl methyl sites for hydroxylation is 2. The number of anilines is 2. The van der Waals surface area contributed by atoms with Crippen LogP contribution < -0.4 is 11.1 Å². The Hall–Kier alpha value is -3.56. The number of carbonyl (C=O) groups excluding carboxylic acids is 1. The van der Waals surface area contributed by atoms with Crippen LogP contribution in [0.5, 0.6) is 0 Å². The monoisotopic (exact) mass is 351 g/mol. The van der Waals surface area contributed by atoms with Gasteiger partial charge in [0.2, 0.25) is 5.91 Å². The van der Waals surface area contributed by atoms with E-state index in [1.54, 1.807) is 22.4 Å². The Bertz CT molecular complexity index is 1140. The number of nitrogens with zero attached hydrogens (tertiary/aromatic N) is 7. The van der Waals surface area contributed by atoms with E-state index in [1.807, 2.05) is 20.0 Å². The number of nitrogen functional groups attached to an aromatic ring is 1. The van der Waals surface area contributed by atoms with Gasteiger partial charge < -0.3 is 15.6 Å². The summed E-state index contributed by atoms with van der Waals surface area (Å²) >= 11 is 0. The summed E-state index contributed by atoms with van der Waals surface area (Å²) in [4.78, 5) is 29.3. The third-order valence-corrected chi connectivity index (χ3v) is 4.31. The van der Waals surface area contributed by atoms with Crippen LogP contribution in [0.25, 0.3) is 22.2 Å². The summed E-state index contributed by atoms with van der Waals surface area (Å²) in [5.74, 6) is 0.0623. The van der Waals surface area contributed by atoms with E-state index in [2.05, 4.69) is 30.4 Å². The second-order valence-corrected chi connectivity index (χ2v) is 6.05. The lowest BCUT2D eigenvalue weighted by atomic mass is 10.2. The number of fused-ring (bicyclic) bond motifs is 2. The number of nitrogens with one attached hydrogen (secondary N) is 1. The topological polar surface area (TPSA) is 129 Å². The van der Waals surface area contributed by atoms with Gasteiger partial charge in [-0.25, -0.2) is 19.9 Å². The second kappa shape index (κ2) is 5.76. The van der Waals surface area contributed by atoms with Crippen molar-refractivity contribution in [2.75, 3.05) is 11.1 Å². The lowest BCUT2D eigenvalue weighted by molar-refractivity contribution is -0.118. The number of pyridine rings is 1. The van der Waals surface area contributed by atoms with Crippen molar-refractivity contribution in [3.05, 3.63) is 30.6 Å². The molecule has 0 fully saturated rings. The van der Waals surface area contributed by atoms with Gasteiger partial charge in [-0.3, -0.25) is 9.48 Å². The maximum absolute atomic E-state index is 12.7. The minimum absolute atomic E-state index is 0.218. The van der Waals surface area contributed by atoms with Gasteiger partial charge in [0.25, 0.3) is 0 Å². The number of hydrogen-bond acceptors (Lipinski definition) is 7. The van der Waals surface area contributed by atoms with Gasteiger partial charge >= 0.3 is 0 Å². The number of nitrogens with two attached hydrogens (primary N) is 1. The second-order valence-electron chi connectivity index (χ2n) is 6.05. The van der Waals surface area contributed by atoms with Crippen molar-refractivity contribution < 1.29 is 4.79 Å². The first kappa shape index (κ1) is 15.9. The molecular formula is C16H17N9O. The van der Waals surface area contributed by atoms with Crippen LogP contribution in [-0.2, 0) is 11.8 Å². The molecule has 4 heterocycles. The molecule has 0 aliphatic heterocycles. The Morgan fingerprint density at radius 1 is 1.23 bits per heavy atom. The zero-order valence-corrected chi connectivity index (χ0v) is 14.5. The lowest BCUT2D eigenvalue weighted by Crippen LogP contribution is -2.23. The smallest absolute Gasteiger partial charge is 0.247 e. The molecule has 0 bridgehead atoms. The van der Waals surface area contributed by atoms with Gasteiger partial charge in [0, 0.05) is 12.4 Å². The quantitative estimate of drug-likeness (QED) is 0.567. The number of imidazole rings is 1. The van der Waals surface area contributed by atoms with Gasteiger partial charge in [0.05, 0.1) is 23.9 Å². The molecule has 0 aromatic carbocycles. The predicted octanol–water partition coefficient (Wildman–Crippen LogP) is 1.20. The van der Waals surface area contributed by atoms with Gasteiger partial charge in [-0.15, -0.1) is 0 Å². The van der Waals surface area contributed by atoms with E-state index in [0.29, 0.717) is 16.9 Å². The standard InChI is InChI=1S/C16H17N9O/c1-8-11-4-10(5-18-14(11)24(3)23-8)22-16(26)9(2)25-7-21-12-13(17)19-6-20-15(12)25/h4-7,9H,1-3H3,(H,22,26)(H2,17,19,20). The van der Waals surface area contributed by atoms with Crippen molar-refractivity contribution in [3.8, 4) is 0 Å². The maximum atomic E-state index is 12.7. The number of aromatic nitrogens is 7. The van der Waals surface area contributed by atoms with Crippen molar-refractivity contribution in [2.45, 2.75) is 19.9 Å². The number of amides is 1. The van der Waals surface area contributed by atoms with Gasteiger partial charge in [-0.2, -0.15) is 5.10 Å². The van der Waals surface area contributed by atoms with Gasteiger partial charge in [0.15, 0.2) is 17.1 Å². The first-order chi connectivity index (χ1) is 12.5. The van der Waals surface area contributed by atoms with E-state index in [1.165, 1.54) is 12.7 Å². The SMILES string of the molecule is Cc1nn(C)c2ncc(NC(=O)C(C)n3cnc4c(N)ncnc43)cc12. The summed E-state index contributed by atoms with van der Waals surface area (Å²) in [7, 11) is 1.83. The first-order valence-corrected chi connectivity index (χ1v) is 7.99. The third-order valence-electron chi connectivity index (χ3n) is 4.31. The molecule has 0 spiro atoms.